The number of hydrogen-bond acceptors (Lipinski definition) is 6. The minimum absolute atomic E-state index is 0.00287. The van der Waals surface area contributed by atoms with Gasteiger partial charge in [0, 0.05) is 0 Å². The fourth-order valence-electron chi connectivity index (χ4n) is 0.846. The number of hydrogen-bond donors (Lipinski definition) is 0. The van der Waals surface area contributed by atoms with Crippen LogP contribution in [0.2, 0.25) is 5.35 Å². The second-order valence-electron chi connectivity index (χ2n) is 2.26. The van der Waals surface area contributed by atoms with Gasteiger partial charge in [-0.25, -0.2) is 0 Å². The summed E-state index contributed by atoms with van der Waals surface area (Å²) >= 11 is 5.36. The molecule has 72 valence electrons. The zero-order valence-corrected chi connectivity index (χ0v) is 7.26. The summed E-state index contributed by atoms with van der Waals surface area (Å²) < 4.78 is 9.58. The standard InChI is InChI=1S/C6H2ClN3O4/c7-6-9-8-5(14-6)3-1-2-4(13-3)10(11)12/h1-2H. The molecule has 2 aromatic heterocycles. The van der Waals surface area contributed by atoms with E-state index in [9.17, 15) is 10.1 Å². The summed E-state index contributed by atoms with van der Waals surface area (Å²) in [5.74, 6) is -0.284. The molecule has 0 atom stereocenters. The number of rotatable bonds is 2. The molecular formula is C6H2ClN3O4. The van der Waals surface area contributed by atoms with Gasteiger partial charge >= 0.3 is 11.2 Å². The molecule has 0 saturated heterocycles. The number of nitro groups is 1. The molecular weight excluding hydrogens is 214 g/mol. The first-order valence-corrected chi connectivity index (χ1v) is 3.78. The molecule has 0 aliphatic heterocycles. The zero-order valence-electron chi connectivity index (χ0n) is 6.51. The van der Waals surface area contributed by atoms with Gasteiger partial charge in [-0.3, -0.25) is 10.1 Å². The molecule has 2 heterocycles. The number of aromatic nitrogens is 2. The first-order valence-electron chi connectivity index (χ1n) is 3.40. The molecule has 2 rings (SSSR count). The van der Waals surface area contributed by atoms with Gasteiger partial charge in [0.15, 0.2) is 5.76 Å². The Labute approximate surface area is 81.4 Å². The average molecular weight is 216 g/mol. The Morgan fingerprint density at radius 2 is 2.14 bits per heavy atom. The molecule has 0 aliphatic rings. The highest BCUT2D eigenvalue weighted by atomic mass is 35.5. The SMILES string of the molecule is O=[N+]([O-])c1ccc(-c2nnc(Cl)o2)o1. The fourth-order valence-corrected chi connectivity index (χ4v) is 0.957. The van der Waals surface area contributed by atoms with Crippen molar-refractivity contribution in [1.82, 2.24) is 10.2 Å². The Kier molecular flexibility index (Phi) is 1.93. The van der Waals surface area contributed by atoms with E-state index in [1.807, 2.05) is 0 Å². The molecule has 0 amide bonds. The quantitative estimate of drug-likeness (QED) is 0.561. The van der Waals surface area contributed by atoms with E-state index >= 15 is 0 Å². The van der Waals surface area contributed by atoms with Crippen LogP contribution in [-0.4, -0.2) is 15.1 Å². The van der Waals surface area contributed by atoms with Gasteiger partial charge in [-0.15, -0.1) is 5.10 Å². The zero-order chi connectivity index (χ0) is 10.1. The molecule has 14 heavy (non-hydrogen) atoms. The second kappa shape index (κ2) is 3.11. The van der Waals surface area contributed by atoms with E-state index in [1.165, 1.54) is 12.1 Å². The highest BCUT2D eigenvalue weighted by molar-refractivity contribution is 6.27. The lowest BCUT2D eigenvalue weighted by Crippen LogP contribution is -1.82. The van der Waals surface area contributed by atoms with Gasteiger partial charge in [0.1, 0.15) is 4.92 Å². The number of furan rings is 1. The Morgan fingerprint density at radius 1 is 1.36 bits per heavy atom. The van der Waals surface area contributed by atoms with Crippen LogP contribution >= 0.6 is 11.6 Å². The van der Waals surface area contributed by atoms with Crippen LogP contribution in [0, 0.1) is 10.1 Å². The third kappa shape index (κ3) is 1.44. The van der Waals surface area contributed by atoms with Gasteiger partial charge in [0.05, 0.1) is 6.07 Å². The summed E-state index contributed by atoms with van der Waals surface area (Å²) in [4.78, 5) is 9.60. The molecule has 0 aromatic carbocycles. The maximum Gasteiger partial charge on any atom is 0.433 e. The van der Waals surface area contributed by atoms with Gasteiger partial charge in [-0.2, -0.15) is 0 Å². The fraction of sp³-hybridized carbons (Fsp3) is 0. The van der Waals surface area contributed by atoms with Crippen LogP contribution in [0.25, 0.3) is 11.7 Å². The summed E-state index contributed by atoms with van der Waals surface area (Å²) in [6, 6.07) is 2.54. The molecule has 8 heteroatoms. The van der Waals surface area contributed by atoms with E-state index in [2.05, 4.69) is 10.2 Å². The average Bonchev–Trinajstić information content (AvgIpc) is 2.70. The van der Waals surface area contributed by atoms with E-state index in [4.69, 9.17) is 20.4 Å². The van der Waals surface area contributed by atoms with Gasteiger partial charge in [0.2, 0.25) is 0 Å². The van der Waals surface area contributed by atoms with E-state index in [0.29, 0.717) is 0 Å². The van der Waals surface area contributed by atoms with Crippen molar-refractivity contribution in [1.29, 1.82) is 0 Å². The minimum Gasteiger partial charge on any atom is -0.404 e. The molecule has 0 radical (unpaired) electrons. The van der Waals surface area contributed by atoms with Crippen LogP contribution in [0.5, 0.6) is 0 Å². The maximum absolute atomic E-state index is 10.3. The van der Waals surface area contributed by atoms with Crippen LogP contribution < -0.4 is 0 Å². The van der Waals surface area contributed by atoms with E-state index in [1.54, 1.807) is 0 Å². The Balaban J connectivity index is 2.38. The number of halogens is 1. The summed E-state index contributed by atoms with van der Waals surface area (Å²) in [5, 5.41) is 17.0. The first kappa shape index (κ1) is 8.70. The Morgan fingerprint density at radius 3 is 2.64 bits per heavy atom. The molecule has 2 aromatic rings. The molecule has 0 bridgehead atoms. The van der Waals surface area contributed by atoms with Gasteiger partial charge in [-0.1, -0.05) is 5.10 Å². The predicted octanol–water partition coefficient (Wildman–Crippen LogP) is 1.89. The third-order valence-corrected chi connectivity index (χ3v) is 1.54. The van der Waals surface area contributed by atoms with Crippen molar-refractivity contribution in [3.05, 3.63) is 27.6 Å². The van der Waals surface area contributed by atoms with Crippen molar-refractivity contribution in [3.63, 3.8) is 0 Å². The van der Waals surface area contributed by atoms with Crippen LogP contribution in [0.15, 0.2) is 21.0 Å². The monoisotopic (exact) mass is 215 g/mol. The molecule has 0 saturated carbocycles. The van der Waals surface area contributed by atoms with Crippen LogP contribution in [0.4, 0.5) is 5.88 Å². The lowest BCUT2D eigenvalue weighted by Gasteiger charge is -1.84. The molecule has 0 unspecified atom stereocenters. The van der Waals surface area contributed by atoms with Crippen molar-refractivity contribution >= 4 is 17.5 Å². The topological polar surface area (TPSA) is 95.2 Å². The lowest BCUT2D eigenvalue weighted by molar-refractivity contribution is -0.401. The normalized spacial score (nSPS) is 10.4. The summed E-state index contributed by atoms with van der Waals surface area (Å²) in [7, 11) is 0. The largest absolute Gasteiger partial charge is 0.433 e. The Bertz CT molecular complexity index is 477. The summed E-state index contributed by atoms with van der Waals surface area (Å²) in [5.41, 5.74) is 0. The van der Waals surface area contributed by atoms with Gasteiger partial charge in [0.25, 0.3) is 5.89 Å². The third-order valence-electron chi connectivity index (χ3n) is 1.38. The molecule has 7 nitrogen and oxygen atoms in total. The summed E-state index contributed by atoms with van der Waals surface area (Å²) in [6.45, 7) is 0. The minimum atomic E-state index is -0.665. The predicted molar refractivity (Wildman–Crippen MR) is 43.7 cm³/mol. The van der Waals surface area contributed by atoms with Crippen molar-refractivity contribution in [2.24, 2.45) is 0 Å². The lowest BCUT2D eigenvalue weighted by atomic mass is 10.4. The molecule has 0 N–H and O–H groups in total. The van der Waals surface area contributed by atoms with Crippen molar-refractivity contribution in [2.75, 3.05) is 0 Å². The highest BCUT2D eigenvalue weighted by Gasteiger charge is 2.16. The second-order valence-corrected chi connectivity index (χ2v) is 2.58. The van der Waals surface area contributed by atoms with Gasteiger partial charge < -0.3 is 8.83 Å². The van der Waals surface area contributed by atoms with Crippen molar-refractivity contribution in [3.8, 4) is 11.7 Å². The van der Waals surface area contributed by atoms with Crippen LogP contribution in [-0.2, 0) is 0 Å². The molecule has 0 aliphatic carbocycles. The van der Waals surface area contributed by atoms with Crippen LogP contribution in [0.3, 0.4) is 0 Å². The molecule has 0 fully saturated rings. The van der Waals surface area contributed by atoms with E-state index < -0.39 is 10.8 Å². The van der Waals surface area contributed by atoms with Crippen molar-refractivity contribution in [2.45, 2.75) is 0 Å². The van der Waals surface area contributed by atoms with E-state index in [0.717, 1.165) is 0 Å². The van der Waals surface area contributed by atoms with Crippen molar-refractivity contribution < 1.29 is 13.8 Å². The van der Waals surface area contributed by atoms with E-state index in [-0.39, 0.29) is 17.0 Å². The smallest absolute Gasteiger partial charge is 0.404 e. The van der Waals surface area contributed by atoms with Crippen LogP contribution in [0.1, 0.15) is 0 Å². The maximum atomic E-state index is 10.3. The first-order chi connectivity index (χ1) is 6.66. The Hall–Kier alpha value is -1.89. The number of nitrogens with zero attached hydrogens (tertiary/aromatic N) is 3. The van der Waals surface area contributed by atoms with Gasteiger partial charge in [-0.05, 0) is 17.7 Å². The molecule has 0 spiro atoms. The highest BCUT2D eigenvalue weighted by Crippen LogP contribution is 2.25. The summed E-state index contributed by atoms with van der Waals surface area (Å²) in [6.07, 6.45) is 0.